The van der Waals surface area contributed by atoms with Crippen LogP contribution in [0.5, 0.6) is 5.88 Å². The molecule has 0 spiro atoms. The van der Waals surface area contributed by atoms with E-state index in [1.165, 1.54) is 18.2 Å². The van der Waals surface area contributed by atoms with E-state index in [0.29, 0.717) is 23.4 Å². The minimum atomic E-state index is -4.50. The smallest absolute Gasteiger partial charge is 0.422 e. The monoisotopic (exact) mass is 486 g/mol. The van der Waals surface area contributed by atoms with Crippen molar-refractivity contribution in [2.45, 2.75) is 44.0 Å². The van der Waals surface area contributed by atoms with E-state index in [2.05, 4.69) is 14.7 Å². The van der Waals surface area contributed by atoms with E-state index in [-0.39, 0.29) is 22.9 Å². The lowest BCUT2D eigenvalue weighted by Gasteiger charge is -2.10. The zero-order valence-corrected chi connectivity index (χ0v) is 18.3. The Morgan fingerprint density at radius 1 is 1.21 bits per heavy atom. The molecule has 0 fully saturated rings. The molecule has 0 radical (unpaired) electrons. The lowest BCUT2D eigenvalue weighted by atomic mass is 10.3. The number of nitrogens with zero attached hydrogens (tertiary/aromatic N) is 3. The maximum Gasteiger partial charge on any atom is 0.422 e. The van der Waals surface area contributed by atoms with E-state index in [0.717, 1.165) is 25.1 Å². The molecule has 0 bridgehead atoms. The SMILES string of the molecule is CCCCn1c(COC(=O)c2ccc(OCC(F)(F)F)nc2)nc2cc(S(N)(=O)=O)ccc21. The molecule has 0 aliphatic heterocycles. The van der Waals surface area contributed by atoms with Crippen molar-refractivity contribution < 1.29 is 35.9 Å². The number of rotatable bonds is 9. The third-order valence-electron chi connectivity index (χ3n) is 4.55. The van der Waals surface area contributed by atoms with Gasteiger partial charge in [-0.25, -0.2) is 28.3 Å². The second-order valence-corrected chi connectivity index (χ2v) is 8.66. The normalized spacial score (nSPS) is 12.2. The number of esters is 1. The number of carbonyl (C=O) groups is 1. The van der Waals surface area contributed by atoms with Crippen LogP contribution in [0.1, 0.15) is 35.9 Å². The van der Waals surface area contributed by atoms with Crippen LogP contribution in [-0.4, -0.2) is 41.7 Å². The summed E-state index contributed by atoms with van der Waals surface area (Å²) >= 11 is 0. The average Bonchev–Trinajstić information content (AvgIpc) is 3.10. The molecule has 178 valence electrons. The van der Waals surface area contributed by atoms with Crippen LogP contribution in [0.2, 0.25) is 0 Å². The zero-order valence-electron chi connectivity index (χ0n) is 17.5. The minimum Gasteiger partial charge on any atom is -0.468 e. The van der Waals surface area contributed by atoms with Gasteiger partial charge < -0.3 is 14.0 Å². The number of nitrogens with two attached hydrogens (primary N) is 1. The molecule has 33 heavy (non-hydrogen) atoms. The van der Waals surface area contributed by atoms with Crippen molar-refractivity contribution in [3.63, 3.8) is 0 Å². The van der Waals surface area contributed by atoms with Gasteiger partial charge in [0, 0.05) is 18.8 Å². The van der Waals surface area contributed by atoms with Crippen molar-refractivity contribution in [1.29, 1.82) is 0 Å². The number of hydrogen-bond donors (Lipinski definition) is 1. The molecule has 0 amide bonds. The zero-order chi connectivity index (χ0) is 24.2. The fourth-order valence-corrected chi connectivity index (χ4v) is 3.50. The molecule has 0 aliphatic rings. The Balaban J connectivity index is 1.76. The van der Waals surface area contributed by atoms with Crippen molar-refractivity contribution >= 4 is 27.0 Å². The molecule has 3 aromatic rings. The number of sulfonamides is 1. The third-order valence-corrected chi connectivity index (χ3v) is 5.46. The highest BCUT2D eigenvalue weighted by molar-refractivity contribution is 7.89. The number of benzene rings is 1. The molecule has 1 aromatic carbocycles. The van der Waals surface area contributed by atoms with E-state index in [4.69, 9.17) is 9.88 Å². The molecule has 2 heterocycles. The number of halogens is 3. The Morgan fingerprint density at radius 3 is 2.58 bits per heavy atom. The lowest BCUT2D eigenvalue weighted by Crippen LogP contribution is -2.19. The molecule has 3 rings (SSSR count). The quantitative estimate of drug-likeness (QED) is 0.460. The molecule has 2 aromatic heterocycles. The standard InChI is InChI=1S/C20H21F3N4O5S/c1-2-3-8-27-16-6-5-14(33(24,29)30)9-15(16)26-17(27)11-31-19(28)13-4-7-18(25-10-13)32-12-20(21,22)23/h4-7,9-10H,2-3,8,11-12H2,1H3,(H2,24,29,30). The first-order valence-corrected chi connectivity index (χ1v) is 11.4. The summed E-state index contributed by atoms with van der Waals surface area (Å²) in [6.07, 6.45) is -1.75. The van der Waals surface area contributed by atoms with Crippen LogP contribution in [0.4, 0.5) is 13.2 Å². The fourth-order valence-electron chi connectivity index (χ4n) is 2.97. The van der Waals surface area contributed by atoms with E-state index in [1.54, 1.807) is 6.07 Å². The summed E-state index contributed by atoms with van der Waals surface area (Å²) < 4.78 is 71.5. The second-order valence-electron chi connectivity index (χ2n) is 7.09. The number of carbonyl (C=O) groups excluding carboxylic acids is 1. The van der Waals surface area contributed by atoms with Gasteiger partial charge in [-0.1, -0.05) is 13.3 Å². The van der Waals surface area contributed by atoms with Gasteiger partial charge in [0.15, 0.2) is 6.61 Å². The molecule has 0 unspecified atom stereocenters. The number of ether oxygens (including phenoxy) is 2. The summed E-state index contributed by atoms with van der Waals surface area (Å²) in [6, 6.07) is 6.69. The minimum absolute atomic E-state index is 0.0158. The first kappa shape index (κ1) is 24.5. The topological polar surface area (TPSA) is 126 Å². The summed E-state index contributed by atoms with van der Waals surface area (Å²) in [5.74, 6) is -0.642. The maximum absolute atomic E-state index is 12.4. The second kappa shape index (κ2) is 9.75. The van der Waals surface area contributed by atoms with Crippen molar-refractivity contribution in [3.8, 4) is 5.88 Å². The molecule has 0 saturated heterocycles. The van der Waals surface area contributed by atoms with Gasteiger partial charge in [0.25, 0.3) is 0 Å². The van der Waals surface area contributed by atoms with E-state index >= 15 is 0 Å². The van der Waals surface area contributed by atoms with E-state index in [9.17, 15) is 26.4 Å². The summed E-state index contributed by atoms with van der Waals surface area (Å²) in [7, 11) is -3.91. The molecule has 0 atom stereocenters. The lowest BCUT2D eigenvalue weighted by molar-refractivity contribution is -0.154. The van der Waals surface area contributed by atoms with Gasteiger partial charge in [-0.2, -0.15) is 13.2 Å². The highest BCUT2D eigenvalue weighted by Crippen LogP contribution is 2.22. The molecule has 9 nitrogen and oxygen atoms in total. The van der Waals surface area contributed by atoms with E-state index < -0.39 is 28.8 Å². The van der Waals surface area contributed by atoms with Gasteiger partial charge in [0.05, 0.1) is 21.5 Å². The van der Waals surface area contributed by atoms with Crippen LogP contribution >= 0.6 is 0 Å². The van der Waals surface area contributed by atoms with Gasteiger partial charge >= 0.3 is 12.1 Å². The van der Waals surface area contributed by atoms with Gasteiger partial charge in [0.2, 0.25) is 15.9 Å². The van der Waals surface area contributed by atoms with Crippen LogP contribution in [0.3, 0.4) is 0 Å². The highest BCUT2D eigenvalue weighted by atomic mass is 32.2. The summed E-state index contributed by atoms with van der Waals surface area (Å²) in [4.78, 5) is 20.3. The molecular weight excluding hydrogens is 465 g/mol. The number of aromatic nitrogens is 3. The number of imidazole rings is 1. The van der Waals surface area contributed by atoms with E-state index in [1.807, 2.05) is 11.5 Å². The Bertz CT molecular complexity index is 1240. The summed E-state index contributed by atoms with van der Waals surface area (Å²) in [5.41, 5.74) is 1.06. The largest absolute Gasteiger partial charge is 0.468 e. The van der Waals surface area contributed by atoms with Crippen molar-refractivity contribution in [2.75, 3.05) is 6.61 Å². The number of pyridine rings is 1. The number of primary sulfonamides is 1. The highest BCUT2D eigenvalue weighted by Gasteiger charge is 2.28. The van der Waals surface area contributed by atoms with Crippen LogP contribution in [-0.2, 0) is 27.9 Å². The molecule has 0 aliphatic carbocycles. The predicted octanol–water partition coefficient (Wildman–Crippen LogP) is 3.18. The molecule has 0 saturated carbocycles. The summed E-state index contributed by atoms with van der Waals surface area (Å²) in [5, 5.41) is 5.18. The number of fused-ring (bicyclic) bond motifs is 1. The van der Waals surface area contributed by atoms with Crippen molar-refractivity contribution in [2.24, 2.45) is 5.14 Å². The van der Waals surface area contributed by atoms with Gasteiger partial charge in [-0.05, 0) is 30.7 Å². The predicted molar refractivity (Wildman–Crippen MR) is 111 cm³/mol. The Hall–Kier alpha value is -3.19. The Morgan fingerprint density at radius 2 is 1.97 bits per heavy atom. The van der Waals surface area contributed by atoms with Gasteiger partial charge in [-0.3, -0.25) is 0 Å². The molecule has 13 heteroatoms. The van der Waals surface area contributed by atoms with Crippen LogP contribution < -0.4 is 9.88 Å². The first-order valence-electron chi connectivity index (χ1n) is 9.82. The van der Waals surface area contributed by atoms with Crippen molar-refractivity contribution in [1.82, 2.24) is 14.5 Å². The number of aryl methyl sites for hydroxylation is 1. The number of unbranched alkanes of at least 4 members (excludes halogenated alkanes) is 1. The van der Waals surface area contributed by atoms with Crippen LogP contribution in [0.15, 0.2) is 41.4 Å². The number of hydrogen-bond acceptors (Lipinski definition) is 7. The molecule has 2 N–H and O–H groups in total. The van der Waals surface area contributed by atoms with Gasteiger partial charge in [-0.15, -0.1) is 0 Å². The Kier molecular flexibility index (Phi) is 7.22. The van der Waals surface area contributed by atoms with Gasteiger partial charge in [0.1, 0.15) is 12.4 Å². The van der Waals surface area contributed by atoms with Crippen LogP contribution in [0.25, 0.3) is 11.0 Å². The maximum atomic E-state index is 12.4. The molecular formula is C20H21F3N4O5S. The summed E-state index contributed by atoms with van der Waals surface area (Å²) in [6.45, 7) is 0.869. The Labute approximate surface area is 187 Å². The third kappa shape index (κ3) is 6.42. The average molecular weight is 486 g/mol. The first-order chi connectivity index (χ1) is 15.5. The van der Waals surface area contributed by atoms with Crippen LogP contribution in [0, 0.1) is 0 Å². The number of alkyl halides is 3. The fraction of sp³-hybridized carbons (Fsp3) is 0.350. The van der Waals surface area contributed by atoms with Crippen molar-refractivity contribution in [3.05, 3.63) is 47.9 Å².